The lowest BCUT2D eigenvalue weighted by atomic mass is 9.97. The molecule has 0 bridgehead atoms. The zero-order valence-electron chi connectivity index (χ0n) is 22.7. The van der Waals surface area contributed by atoms with Gasteiger partial charge < -0.3 is 29.8 Å². The summed E-state index contributed by atoms with van der Waals surface area (Å²) in [6.07, 6.45) is 6.95. The van der Waals surface area contributed by atoms with Gasteiger partial charge in [-0.3, -0.25) is 4.79 Å². The lowest BCUT2D eigenvalue weighted by Gasteiger charge is -2.34. The fraction of sp³-hybridized carbons (Fsp3) is 0.300. The SMILES string of the molecule is Cn1cc(-c2cccc3cc(C4CCCN4c4ncnc(N)c4C#N)c(N4CCOCC4)nc23)c2cc[nH]c2c1=O. The first-order valence-corrected chi connectivity index (χ1v) is 13.8. The molecule has 11 nitrogen and oxygen atoms in total. The van der Waals surface area contributed by atoms with Gasteiger partial charge in [0.05, 0.1) is 24.8 Å². The number of ether oxygens (including phenoxy) is 1. The van der Waals surface area contributed by atoms with Crippen molar-refractivity contribution in [2.75, 3.05) is 48.4 Å². The van der Waals surface area contributed by atoms with E-state index < -0.39 is 0 Å². The maximum absolute atomic E-state index is 12.8. The fourth-order valence-corrected chi connectivity index (χ4v) is 6.24. The molecule has 1 aromatic carbocycles. The predicted molar refractivity (Wildman–Crippen MR) is 158 cm³/mol. The average molecular weight is 548 g/mol. The molecule has 2 aliphatic heterocycles. The van der Waals surface area contributed by atoms with Crippen molar-refractivity contribution < 1.29 is 4.74 Å². The molecule has 0 radical (unpaired) electrons. The van der Waals surface area contributed by atoms with Crippen molar-refractivity contribution in [1.82, 2.24) is 24.5 Å². The molecule has 1 atom stereocenters. The minimum Gasteiger partial charge on any atom is -0.382 e. The van der Waals surface area contributed by atoms with Gasteiger partial charge in [-0.2, -0.15) is 5.26 Å². The van der Waals surface area contributed by atoms with Crippen LogP contribution in [0.1, 0.15) is 30.0 Å². The third-order valence-electron chi connectivity index (χ3n) is 8.20. The van der Waals surface area contributed by atoms with Crippen LogP contribution >= 0.6 is 0 Å². The number of hydrogen-bond donors (Lipinski definition) is 2. The summed E-state index contributed by atoms with van der Waals surface area (Å²) in [6, 6.07) is 12.5. The van der Waals surface area contributed by atoms with Crippen LogP contribution in [-0.4, -0.2) is 57.4 Å². The molecule has 4 aromatic heterocycles. The lowest BCUT2D eigenvalue weighted by Crippen LogP contribution is -2.38. The monoisotopic (exact) mass is 547 g/mol. The Bertz CT molecular complexity index is 1900. The van der Waals surface area contributed by atoms with Crippen molar-refractivity contribution in [3.8, 4) is 17.2 Å². The highest BCUT2D eigenvalue weighted by Gasteiger charge is 2.33. The molecule has 2 fully saturated rings. The number of fused-ring (bicyclic) bond motifs is 2. The van der Waals surface area contributed by atoms with Crippen LogP contribution in [0.15, 0.2) is 53.8 Å². The van der Waals surface area contributed by atoms with Gasteiger partial charge in [-0.25, -0.2) is 15.0 Å². The minimum absolute atomic E-state index is 0.0382. The lowest BCUT2D eigenvalue weighted by molar-refractivity contribution is 0.122. The Morgan fingerprint density at radius 3 is 2.80 bits per heavy atom. The molecule has 206 valence electrons. The zero-order valence-corrected chi connectivity index (χ0v) is 22.7. The summed E-state index contributed by atoms with van der Waals surface area (Å²) in [6.45, 7) is 3.46. The number of pyridine rings is 2. The maximum Gasteiger partial charge on any atom is 0.274 e. The van der Waals surface area contributed by atoms with Crippen molar-refractivity contribution in [2.45, 2.75) is 18.9 Å². The van der Waals surface area contributed by atoms with Crippen LogP contribution < -0.4 is 21.1 Å². The Hall–Kier alpha value is -4.95. The third kappa shape index (κ3) is 4.06. The number of H-pyrrole nitrogens is 1. The minimum atomic E-state index is -0.0679. The Balaban J connectivity index is 1.44. The molecule has 0 amide bonds. The molecule has 6 heterocycles. The van der Waals surface area contributed by atoms with Crippen LogP contribution in [0.4, 0.5) is 17.5 Å². The molecule has 0 spiro atoms. The first-order valence-electron chi connectivity index (χ1n) is 13.8. The van der Waals surface area contributed by atoms with Gasteiger partial charge in [0.1, 0.15) is 35.1 Å². The van der Waals surface area contributed by atoms with Crippen LogP contribution in [0.5, 0.6) is 0 Å². The normalized spacial score (nSPS) is 17.4. The van der Waals surface area contributed by atoms with E-state index in [2.05, 4.69) is 49.0 Å². The predicted octanol–water partition coefficient (Wildman–Crippen LogP) is 3.50. The summed E-state index contributed by atoms with van der Waals surface area (Å²) in [5.74, 6) is 1.65. The van der Waals surface area contributed by atoms with E-state index in [9.17, 15) is 10.1 Å². The maximum atomic E-state index is 12.8. The molecule has 11 heteroatoms. The Morgan fingerprint density at radius 2 is 1.98 bits per heavy atom. The van der Waals surface area contributed by atoms with Crippen molar-refractivity contribution in [2.24, 2.45) is 7.05 Å². The second-order valence-corrected chi connectivity index (χ2v) is 10.5. The molecule has 3 N–H and O–H groups in total. The molecular formula is C30H29N9O2. The number of nitrogen functional groups attached to an aromatic ring is 1. The summed E-state index contributed by atoms with van der Waals surface area (Å²) in [5, 5.41) is 11.7. The van der Waals surface area contributed by atoms with Gasteiger partial charge in [0.15, 0.2) is 5.82 Å². The number of aromatic amines is 1. The van der Waals surface area contributed by atoms with Crippen LogP contribution in [0.3, 0.4) is 0 Å². The first-order chi connectivity index (χ1) is 20.0. The van der Waals surface area contributed by atoms with E-state index in [1.165, 1.54) is 6.33 Å². The number of morpholine rings is 1. The number of nitrogens with one attached hydrogen (secondary N) is 1. The van der Waals surface area contributed by atoms with Gasteiger partial charge in [-0.05, 0) is 25.0 Å². The van der Waals surface area contributed by atoms with Gasteiger partial charge in [0.25, 0.3) is 5.56 Å². The van der Waals surface area contributed by atoms with Crippen molar-refractivity contribution >= 4 is 39.3 Å². The van der Waals surface area contributed by atoms with Crippen molar-refractivity contribution in [3.63, 3.8) is 0 Å². The number of hydrogen-bond acceptors (Lipinski definition) is 9. The zero-order chi connectivity index (χ0) is 28.1. The van der Waals surface area contributed by atoms with Gasteiger partial charge in [0, 0.05) is 66.5 Å². The molecule has 7 rings (SSSR count). The molecule has 0 aliphatic carbocycles. The number of benzene rings is 1. The van der Waals surface area contributed by atoms with E-state index in [0.29, 0.717) is 30.1 Å². The van der Waals surface area contributed by atoms with Crippen molar-refractivity contribution in [1.29, 1.82) is 5.26 Å². The number of aromatic nitrogens is 5. The first kappa shape index (κ1) is 25.0. The molecule has 5 aromatic rings. The summed E-state index contributed by atoms with van der Waals surface area (Å²) in [4.78, 5) is 34.2. The highest BCUT2D eigenvalue weighted by molar-refractivity contribution is 6.03. The van der Waals surface area contributed by atoms with Crippen LogP contribution in [0.2, 0.25) is 0 Å². The van der Waals surface area contributed by atoms with Gasteiger partial charge in [-0.15, -0.1) is 0 Å². The average Bonchev–Trinajstić information content (AvgIpc) is 3.69. The Morgan fingerprint density at radius 1 is 1.12 bits per heavy atom. The van der Waals surface area contributed by atoms with E-state index in [1.54, 1.807) is 17.8 Å². The summed E-state index contributed by atoms with van der Waals surface area (Å²) >= 11 is 0. The van der Waals surface area contributed by atoms with Crippen molar-refractivity contribution in [3.05, 3.63) is 70.5 Å². The van der Waals surface area contributed by atoms with E-state index in [0.717, 1.165) is 71.3 Å². The molecule has 2 aliphatic rings. The number of nitriles is 1. The number of aryl methyl sites for hydroxylation is 1. The second-order valence-electron chi connectivity index (χ2n) is 10.5. The van der Waals surface area contributed by atoms with Gasteiger partial charge in [-0.1, -0.05) is 18.2 Å². The van der Waals surface area contributed by atoms with E-state index in [1.807, 2.05) is 18.3 Å². The van der Waals surface area contributed by atoms with Crippen LogP contribution in [0.25, 0.3) is 32.9 Å². The summed E-state index contributed by atoms with van der Waals surface area (Å²) < 4.78 is 7.29. The number of para-hydroxylation sites is 1. The topological polar surface area (TPSA) is 142 Å². The standard InChI is InChI=1S/C30H29N9O2/c1-37-16-23(20-7-8-33-26(20)30(37)40)19-5-2-4-18-14-21(29(36-25(18)19)38-10-12-41-13-11-38)24-6-3-9-39(24)28-22(15-31)27(32)34-17-35-28/h2,4-5,7-8,14,16-17,24,33H,3,6,9-13H2,1H3,(H2,32,34,35). The highest BCUT2D eigenvalue weighted by Crippen LogP contribution is 2.43. The molecule has 1 unspecified atom stereocenters. The summed E-state index contributed by atoms with van der Waals surface area (Å²) in [7, 11) is 1.77. The fourth-order valence-electron chi connectivity index (χ4n) is 6.24. The van der Waals surface area contributed by atoms with Gasteiger partial charge >= 0.3 is 0 Å². The number of anilines is 3. The Kier molecular flexibility index (Phi) is 6.05. The molecule has 0 saturated carbocycles. The highest BCUT2D eigenvalue weighted by atomic mass is 16.5. The quantitative estimate of drug-likeness (QED) is 0.346. The van der Waals surface area contributed by atoms with Crippen LogP contribution in [-0.2, 0) is 11.8 Å². The van der Waals surface area contributed by atoms with E-state index >= 15 is 0 Å². The van der Waals surface area contributed by atoms with Gasteiger partial charge in [0.2, 0.25) is 0 Å². The van der Waals surface area contributed by atoms with Crippen LogP contribution in [0, 0.1) is 11.3 Å². The Labute approximate surface area is 235 Å². The number of nitrogens with two attached hydrogens (primary N) is 1. The third-order valence-corrected chi connectivity index (χ3v) is 8.20. The summed E-state index contributed by atoms with van der Waals surface area (Å²) in [5.41, 5.74) is 10.7. The molecule has 41 heavy (non-hydrogen) atoms. The number of rotatable bonds is 4. The number of nitrogens with zero attached hydrogens (tertiary/aromatic N) is 7. The van der Waals surface area contributed by atoms with E-state index in [4.69, 9.17) is 15.5 Å². The largest absolute Gasteiger partial charge is 0.382 e. The van der Waals surface area contributed by atoms with E-state index in [-0.39, 0.29) is 17.4 Å². The molecule has 2 saturated heterocycles. The smallest absolute Gasteiger partial charge is 0.274 e. The second kappa shape index (κ2) is 9.91. The molecular weight excluding hydrogens is 518 g/mol.